The molecule has 0 aromatic carbocycles. The van der Waals surface area contributed by atoms with Crippen LogP contribution in [0, 0.1) is 0 Å². The van der Waals surface area contributed by atoms with Crippen LogP contribution in [0.4, 0.5) is 0 Å². The van der Waals surface area contributed by atoms with Crippen LogP contribution in [-0.4, -0.2) is 20.6 Å². The first-order valence-corrected chi connectivity index (χ1v) is 4.51. The Morgan fingerprint density at radius 3 is 2.79 bits per heavy atom. The summed E-state index contributed by atoms with van der Waals surface area (Å²) in [7, 11) is 0. The summed E-state index contributed by atoms with van der Waals surface area (Å²) in [5, 5.41) is 8.39. The number of aromatic amines is 1. The third kappa shape index (κ3) is 2.56. The van der Waals surface area contributed by atoms with Gasteiger partial charge in [-0.3, -0.25) is 19.1 Å². The van der Waals surface area contributed by atoms with Gasteiger partial charge in [0.15, 0.2) is 0 Å². The molecule has 0 unspecified atom stereocenters. The Hall–Kier alpha value is -1.37. The van der Waals surface area contributed by atoms with Crippen molar-refractivity contribution >= 4 is 21.9 Å². The molecule has 1 aromatic heterocycles. The number of hydrogen-bond donors (Lipinski definition) is 2. The number of carboxylic acids is 1. The van der Waals surface area contributed by atoms with Gasteiger partial charge in [-0.15, -0.1) is 0 Å². The molecule has 0 fully saturated rings. The first-order chi connectivity index (χ1) is 6.50. The summed E-state index contributed by atoms with van der Waals surface area (Å²) in [6.07, 6.45) is 1.10. The smallest absolute Gasteiger partial charge is 0.328 e. The van der Waals surface area contributed by atoms with Crippen LogP contribution in [0.1, 0.15) is 6.42 Å². The van der Waals surface area contributed by atoms with E-state index >= 15 is 0 Å². The van der Waals surface area contributed by atoms with Gasteiger partial charge in [-0.1, -0.05) is 0 Å². The van der Waals surface area contributed by atoms with Crippen LogP contribution in [0.2, 0.25) is 0 Å². The van der Waals surface area contributed by atoms with E-state index in [0.29, 0.717) is 0 Å². The van der Waals surface area contributed by atoms with Crippen LogP contribution in [0.25, 0.3) is 0 Å². The fraction of sp³-hybridized carbons (Fsp3) is 0.286. The number of aliphatic carboxylic acids is 1. The number of halogens is 1. The van der Waals surface area contributed by atoms with Crippen LogP contribution in [0.5, 0.6) is 0 Å². The van der Waals surface area contributed by atoms with Crippen LogP contribution in [-0.2, 0) is 11.3 Å². The van der Waals surface area contributed by atoms with Crippen molar-refractivity contribution in [3.05, 3.63) is 31.5 Å². The minimum absolute atomic E-state index is 0.0313. The van der Waals surface area contributed by atoms with Gasteiger partial charge in [0, 0.05) is 12.7 Å². The highest BCUT2D eigenvalue weighted by Crippen LogP contribution is 1.98. The van der Waals surface area contributed by atoms with Crippen LogP contribution in [0.15, 0.2) is 20.3 Å². The molecular formula is C7H7BrN2O4. The summed E-state index contributed by atoms with van der Waals surface area (Å²) < 4.78 is 1.32. The fourth-order valence-electron chi connectivity index (χ4n) is 0.865. The fourth-order valence-corrected chi connectivity index (χ4v) is 1.21. The number of aryl methyl sites for hydroxylation is 1. The molecule has 0 aliphatic heterocycles. The van der Waals surface area contributed by atoms with Crippen molar-refractivity contribution < 1.29 is 9.90 Å². The molecule has 0 saturated carbocycles. The molecule has 0 radical (unpaired) electrons. The second-order valence-corrected chi connectivity index (χ2v) is 3.43. The van der Waals surface area contributed by atoms with E-state index in [9.17, 15) is 14.4 Å². The maximum Gasteiger partial charge on any atom is 0.328 e. The molecule has 0 aliphatic rings. The highest BCUT2D eigenvalue weighted by atomic mass is 79.9. The summed E-state index contributed by atoms with van der Waals surface area (Å²) in [4.78, 5) is 34.3. The normalized spacial score (nSPS) is 10.1. The summed E-state index contributed by atoms with van der Waals surface area (Å²) in [5.41, 5.74) is -1.14. The van der Waals surface area contributed by atoms with Crippen LogP contribution >= 0.6 is 15.9 Å². The summed E-state index contributed by atoms with van der Waals surface area (Å²) >= 11 is 2.94. The Balaban J connectivity index is 2.99. The van der Waals surface area contributed by atoms with Crippen molar-refractivity contribution in [1.29, 1.82) is 0 Å². The van der Waals surface area contributed by atoms with Gasteiger partial charge in [-0.2, -0.15) is 0 Å². The number of rotatable bonds is 3. The maximum absolute atomic E-state index is 11.1. The third-order valence-corrected chi connectivity index (χ3v) is 2.10. The lowest BCUT2D eigenvalue weighted by Crippen LogP contribution is -2.30. The largest absolute Gasteiger partial charge is 0.481 e. The molecule has 0 bridgehead atoms. The second-order valence-electron chi connectivity index (χ2n) is 2.57. The van der Waals surface area contributed by atoms with Gasteiger partial charge >= 0.3 is 11.7 Å². The van der Waals surface area contributed by atoms with Crippen molar-refractivity contribution in [3.63, 3.8) is 0 Å². The van der Waals surface area contributed by atoms with Crippen molar-refractivity contribution in [1.82, 2.24) is 9.55 Å². The van der Waals surface area contributed by atoms with Crippen LogP contribution in [0.3, 0.4) is 0 Å². The van der Waals surface area contributed by atoms with E-state index in [1.54, 1.807) is 0 Å². The second kappa shape index (κ2) is 4.23. The molecule has 2 N–H and O–H groups in total. The SMILES string of the molecule is O=C(O)CCn1cc(Br)c(=O)[nH]c1=O. The quantitative estimate of drug-likeness (QED) is 0.788. The molecule has 14 heavy (non-hydrogen) atoms. The number of carbonyl (C=O) groups is 1. The van der Waals surface area contributed by atoms with E-state index in [0.717, 1.165) is 4.57 Å². The number of aromatic nitrogens is 2. The number of H-pyrrole nitrogens is 1. The zero-order chi connectivity index (χ0) is 10.7. The molecule has 6 nitrogen and oxygen atoms in total. The van der Waals surface area contributed by atoms with Gasteiger partial charge in [0.2, 0.25) is 0 Å². The highest BCUT2D eigenvalue weighted by Gasteiger charge is 2.03. The van der Waals surface area contributed by atoms with E-state index < -0.39 is 17.2 Å². The molecule has 76 valence electrons. The lowest BCUT2D eigenvalue weighted by Gasteiger charge is -2.02. The van der Waals surface area contributed by atoms with Gasteiger partial charge in [-0.25, -0.2) is 4.79 Å². The Morgan fingerprint density at radius 2 is 2.21 bits per heavy atom. The molecule has 0 aliphatic carbocycles. The molecule has 1 rings (SSSR count). The van der Waals surface area contributed by atoms with E-state index in [1.807, 2.05) is 4.98 Å². The van der Waals surface area contributed by atoms with E-state index in [2.05, 4.69) is 15.9 Å². The number of nitrogens with one attached hydrogen (secondary N) is 1. The lowest BCUT2D eigenvalue weighted by atomic mass is 10.4. The topological polar surface area (TPSA) is 92.2 Å². The minimum Gasteiger partial charge on any atom is -0.481 e. The Bertz CT molecular complexity index is 461. The maximum atomic E-state index is 11.1. The van der Waals surface area contributed by atoms with Gasteiger partial charge in [0.1, 0.15) is 0 Å². The molecule has 1 heterocycles. The summed E-state index contributed by atoms with van der Waals surface area (Å²) in [5.74, 6) is -1.00. The third-order valence-electron chi connectivity index (χ3n) is 1.53. The lowest BCUT2D eigenvalue weighted by molar-refractivity contribution is -0.137. The Morgan fingerprint density at radius 1 is 1.57 bits per heavy atom. The first kappa shape index (κ1) is 10.7. The Kier molecular flexibility index (Phi) is 3.23. The number of hydrogen-bond acceptors (Lipinski definition) is 3. The zero-order valence-corrected chi connectivity index (χ0v) is 8.57. The monoisotopic (exact) mass is 262 g/mol. The van der Waals surface area contributed by atoms with Crippen molar-refractivity contribution in [2.24, 2.45) is 0 Å². The van der Waals surface area contributed by atoms with Crippen molar-refractivity contribution in [2.45, 2.75) is 13.0 Å². The predicted molar refractivity (Wildman–Crippen MR) is 51.3 cm³/mol. The first-order valence-electron chi connectivity index (χ1n) is 3.72. The molecule has 0 atom stereocenters. The molecule has 0 saturated heterocycles. The van der Waals surface area contributed by atoms with E-state index in [-0.39, 0.29) is 17.4 Å². The van der Waals surface area contributed by atoms with Crippen LogP contribution < -0.4 is 11.2 Å². The van der Waals surface area contributed by atoms with Gasteiger partial charge in [0.25, 0.3) is 5.56 Å². The molecule has 0 amide bonds. The van der Waals surface area contributed by atoms with Gasteiger partial charge in [-0.05, 0) is 15.9 Å². The average molecular weight is 263 g/mol. The summed E-state index contributed by atoms with van der Waals surface area (Å²) in [6.45, 7) is 0.0313. The average Bonchev–Trinajstić information content (AvgIpc) is 2.09. The van der Waals surface area contributed by atoms with Crippen molar-refractivity contribution in [3.8, 4) is 0 Å². The predicted octanol–water partition coefficient (Wildman–Crippen LogP) is -0.226. The van der Waals surface area contributed by atoms with Gasteiger partial charge < -0.3 is 5.11 Å². The van der Waals surface area contributed by atoms with Crippen molar-refractivity contribution in [2.75, 3.05) is 0 Å². The molecule has 7 heteroatoms. The van der Waals surface area contributed by atoms with E-state index in [4.69, 9.17) is 5.11 Å². The molecule has 0 spiro atoms. The number of carboxylic acid groups (broad SMARTS) is 1. The highest BCUT2D eigenvalue weighted by molar-refractivity contribution is 9.10. The number of nitrogens with zero attached hydrogens (tertiary/aromatic N) is 1. The summed E-state index contributed by atoms with van der Waals surface area (Å²) in [6, 6.07) is 0. The minimum atomic E-state index is -1.00. The molecular weight excluding hydrogens is 256 g/mol. The standard InChI is InChI=1S/C7H7BrN2O4/c8-4-3-10(2-1-5(11)12)7(14)9-6(4)13/h3H,1-2H2,(H,11,12)(H,9,13,14). The van der Waals surface area contributed by atoms with Gasteiger partial charge in [0.05, 0.1) is 10.9 Å². The Labute approximate surface area is 86.3 Å². The molecule has 1 aromatic rings. The van der Waals surface area contributed by atoms with E-state index in [1.165, 1.54) is 6.20 Å². The zero-order valence-electron chi connectivity index (χ0n) is 6.99.